The summed E-state index contributed by atoms with van der Waals surface area (Å²) in [6, 6.07) is 9.98. The Hall–Kier alpha value is -3.20. The maximum atomic E-state index is 12.5. The van der Waals surface area contributed by atoms with Gasteiger partial charge >= 0.3 is 0 Å². The molecule has 0 aliphatic carbocycles. The highest BCUT2D eigenvalue weighted by atomic mass is 16.5. The van der Waals surface area contributed by atoms with Gasteiger partial charge < -0.3 is 19.4 Å². The van der Waals surface area contributed by atoms with Crippen LogP contribution in [0, 0.1) is 25.2 Å². The molecule has 1 heterocycles. The van der Waals surface area contributed by atoms with Gasteiger partial charge in [-0.25, -0.2) is 0 Å². The first kappa shape index (κ1) is 22.1. The minimum Gasteiger partial charge on any atom is -0.493 e. The number of carbonyl (C=O) groups is 1. The van der Waals surface area contributed by atoms with E-state index in [2.05, 4.69) is 23.7 Å². The molecule has 0 unspecified atom stereocenters. The Balaban J connectivity index is 2.07. The van der Waals surface area contributed by atoms with Gasteiger partial charge in [-0.2, -0.15) is 5.26 Å². The molecule has 1 N–H and O–H groups in total. The second-order valence-corrected chi connectivity index (χ2v) is 7.16. The minimum absolute atomic E-state index is 0.0984. The number of nitrogens with one attached hydrogen (secondary N) is 1. The number of nitrogens with zero attached hydrogens (tertiary/aromatic N) is 2. The number of carbonyl (C=O) groups excluding carboxylic acids is 1. The minimum atomic E-state index is -0.373. The molecule has 0 radical (unpaired) electrons. The van der Waals surface area contributed by atoms with Crippen molar-refractivity contribution in [2.45, 2.75) is 40.2 Å². The Bertz CT molecular complexity index is 949. The molecule has 0 fully saturated rings. The van der Waals surface area contributed by atoms with Crippen molar-refractivity contribution in [3.8, 4) is 17.6 Å². The SMILES string of the molecule is COc1ccc(CCNC(=O)/C(C#N)=C/c2cc(C)n(C(C)C)c2C)cc1OC. The molecule has 2 rings (SSSR count). The maximum Gasteiger partial charge on any atom is 0.261 e. The summed E-state index contributed by atoms with van der Waals surface area (Å²) >= 11 is 0. The zero-order chi connectivity index (χ0) is 21.6. The van der Waals surface area contributed by atoms with Crippen LogP contribution in [0.3, 0.4) is 0 Å². The van der Waals surface area contributed by atoms with Gasteiger partial charge in [0.2, 0.25) is 0 Å². The zero-order valence-corrected chi connectivity index (χ0v) is 18.0. The van der Waals surface area contributed by atoms with Crippen LogP contribution in [0.2, 0.25) is 0 Å². The number of nitriles is 1. The van der Waals surface area contributed by atoms with Crippen LogP contribution in [-0.2, 0) is 11.2 Å². The Kier molecular flexibility index (Phi) is 7.49. The number of amides is 1. The zero-order valence-electron chi connectivity index (χ0n) is 18.0. The Morgan fingerprint density at radius 3 is 2.45 bits per heavy atom. The molecular formula is C23H29N3O3. The fraction of sp³-hybridized carbons (Fsp3) is 0.391. The summed E-state index contributed by atoms with van der Waals surface area (Å²) in [5.41, 5.74) is 4.15. The van der Waals surface area contributed by atoms with E-state index in [-0.39, 0.29) is 11.5 Å². The molecule has 0 atom stereocenters. The summed E-state index contributed by atoms with van der Waals surface area (Å²) in [5, 5.41) is 12.3. The largest absolute Gasteiger partial charge is 0.493 e. The third-order valence-corrected chi connectivity index (χ3v) is 4.85. The van der Waals surface area contributed by atoms with Gasteiger partial charge in [-0.3, -0.25) is 4.79 Å². The van der Waals surface area contributed by atoms with E-state index in [9.17, 15) is 10.1 Å². The lowest BCUT2D eigenvalue weighted by Crippen LogP contribution is -2.26. The molecule has 1 amide bonds. The van der Waals surface area contributed by atoms with Crippen molar-refractivity contribution in [2.75, 3.05) is 20.8 Å². The number of methoxy groups -OCH3 is 2. The predicted octanol–water partition coefficient (Wildman–Crippen LogP) is 3.97. The van der Waals surface area contributed by atoms with Crippen molar-refractivity contribution in [3.05, 3.63) is 52.4 Å². The molecular weight excluding hydrogens is 366 g/mol. The molecule has 0 aliphatic heterocycles. The fourth-order valence-electron chi connectivity index (χ4n) is 3.50. The molecule has 29 heavy (non-hydrogen) atoms. The van der Waals surface area contributed by atoms with Crippen LogP contribution >= 0.6 is 0 Å². The van der Waals surface area contributed by atoms with E-state index >= 15 is 0 Å². The highest BCUT2D eigenvalue weighted by Gasteiger charge is 2.14. The van der Waals surface area contributed by atoms with Crippen LogP contribution in [-0.4, -0.2) is 31.2 Å². The Labute approximate surface area is 172 Å². The van der Waals surface area contributed by atoms with Gasteiger partial charge in [-0.15, -0.1) is 0 Å². The summed E-state index contributed by atoms with van der Waals surface area (Å²) in [7, 11) is 3.18. The predicted molar refractivity (Wildman–Crippen MR) is 114 cm³/mol. The van der Waals surface area contributed by atoms with Gasteiger partial charge in [0, 0.05) is 24.0 Å². The fourth-order valence-corrected chi connectivity index (χ4v) is 3.50. The number of benzene rings is 1. The normalized spacial score (nSPS) is 11.3. The molecule has 0 saturated carbocycles. The standard InChI is InChI=1S/C23H29N3O3/c1-15(2)26-16(3)11-19(17(26)4)13-20(14-24)23(27)25-10-9-18-7-8-21(28-5)22(12-18)29-6/h7-8,11-13,15H,9-10H2,1-6H3,(H,25,27)/b20-13+. The monoisotopic (exact) mass is 395 g/mol. The topological polar surface area (TPSA) is 76.3 Å². The smallest absolute Gasteiger partial charge is 0.261 e. The number of ether oxygens (including phenoxy) is 2. The molecule has 2 aromatic rings. The van der Waals surface area contributed by atoms with Crippen LogP contribution in [0.15, 0.2) is 29.8 Å². The molecule has 154 valence electrons. The molecule has 0 saturated heterocycles. The third kappa shape index (κ3) is 5.20. The highest BCUT2D eigenvalue weighted by Crippen LogP contribution is 2.27. The van der Waals surface area contributed by atoms with Gasteiger partial charge in [-0.05, 0) is 69.5 Å². The second-order valence-electron chi connectivity index (χ2n) is 7.16. The van der Waals surface area contributed by atoms with Crippen molar-refractivity contribution in [3.63, 3.8) is 0 Å². The summed E-state index contributed by atoms with van der Waals surface area (Å²) in [4.78, 5) is 12.5. The maximum absolute atomic E-state index is 12.5. The average molecular weight is 396 g/mol. The third-order valence-electron chi connectivity index (χ3n) is 4.85. The quantitative estimate of drug-likeness (QED) is 0.542. The molecule has 0 spiro atoms. The Morgan fingerprint density at radius 1 is 1.21 bits per heavy atom. The first-order valence-electron chi connectivity index (χ1n) is 9.61. The molecule has 0 aliphatic rings. The van der Waals surface area contributed by atoms with Crippen molar-refractivity contribution in [2.24, 2.45) is 0 Å². The van der Waals surface area contributed by atoms with E-state index in [1.165, 1.54) is 0 Å². The summed E-state index contributed by atoms with van der Waals surface area (Å²) in [6.45, 7) is 8.67. The number of rotatable bonds is 8. The molecule has 1 aromatic heterocycles. The van der Waals surface area contributed by atoms with E-state index in [1.54, 1.807) is 20.3 Å². The van der Waals surface area contributed by atoms with E-state index in [4.69, 9.17) is 9.47 Å². The van der Waals surface area contributed by atoms with Crippen LogP contribution in [0.5, 0.6) is 11.5 Å². The summed E-state index contributed by atoms with van der Waals surface area (Å²) < 4.78 is 12.7. The van der Waals surface area contributed by atoms with Crippen molar-refractivity contribution in [1.82, 2.24) is 9.88 Å². The number of hydrogen-bond donors (Lipinski definition) is 1. The van der Waals surface area contributed by atoms with Crippen LogP contribution < -0.4 is 14.8 Å². The van der Waals surface area contributed by atoms with E-state index in [1.807, 2.05) is 44.2 Å². The van der Waals surface area contributed by atoms with Crippen LogP contribution in [0.4, 0.5) is 0 Å². The lowest BCUT2D eigenvalue weighted by Gasteiger charge is -2.13. The van der Waals surface area contributed by atoms with E-state index < -0.39 is 0 Å². The molecule has 6 heteroatoms. The van der Waals surface area contributed by atoms with E-state index in [0.29, 0.717) is 30.5 Å². The molecule has 0 bridgehead atoms. The van der Waals surface area contributed by atoms with Crippen molar-refractivity contribution in [1.29, 1.82) is 5.26 Å². The average Bonchev–Trinajstić information content (AvgIpc) is 2.98. The number of hydrogen-bond acceptors (Lipinski definition) is 4. The van der Waals surface area contributed by atoms with Crippen molar-refractivity contribution < 1.29 is 14.3 Å². The first-order chi connectivity index (χ1) is 13.8. The molecule has 6 nitrogen and oxygen atoms in total. The van der Waals surface area contributed by atoms with Gasteiger partial charge in [0.25, 0.3) is 5.91 Å². The molecule has 1 aromatic carbocycles. The Morgan fingerprint density at radius 2 is 1.90 bits per heavy atom. The van der Waals surface area contributed by atoms with Gasteiger partial charge in [0.1, 0.15) is 11.6 Å². The van der Waals surface area contributed by atoms with Gasteiger partial charge in [-0.1, -0.05) is 6.07 Å². The lowest BCUT2D eigenvalue weighted by atomic mass is 10.1. The van der Waals surface area contributed by atoms with Crippen molar-refractivity contribution >= 4 is 12.0 Å². The van der Waals surface area contributed by atoms with Crippen LogP contribution in [0.25, 0.3) is 6.08 Å². The number of aromatic nitrogens is 1. The first-order valence-corrected chi connectivity index (χ1v) is 9.61. The van der Waals surface area contributed by atoms with Gasteiger partial charge in [0.15, 0.2) is 11.5 Å². The summed E-state index contributed by atoms with van der Waals surface area (Å²) in [6.07, 6.45) is 2.28. The lowest BCUT2D eigenvalue weighted by molar-refractivity contribution is -0.117. The second kappa shape index (κ2) is 9.83. The van der Waals surface area contributed by atoms with E-state index in [0.717, 1.165) is 22.5 Å². The van der Waals surface area contributed by atoms with Gasteiger partial charge in [0.05, 0.1) is 14.2 Å². The number of aryl methyl sites for hydroxylation is 1. The highest BCUT2D eigenvalue weighted by molar-refractivity contribution is 6.01. The summed E-state index contributed by atoms with van der Waals surface area (Å²) in [5.74, 6) is 0.936. The van der Waals surface area contributed by atoms with Crippen LogP contribution in [0.1, 0.15) is 42.4 Å².